The first kappa shape index (κ1) is 13.8. The Hall–Kier alpha value is -2.14. The number of carbonyl (C=O) groups is 1. The van der Waals surface area contributed by atoms with Crippen LogP contribution in [-0.2, 0) is 24.4 Å². The van der Waals surface area contributed by atoms with E-state index in [-0.39, 0.29) is 5.91 Å². The van der Waals surface area contributed by atoms with Crippen LogP contribution in [0.5, 0.6) is 0 Å². The number of carbonyl (C=O) groups excluding carboxylic acids is 1. The first-order valence-corrected chi connectivity index (χ1v) is 7.07. The number of imidazole rings is 1. The lowest BCUT2D eigenvalue weighted by molar-refractivity contribution is 0.0708. The maximum atomic E-state index is 12.6. The molecule has 1 aromatic carbocycles. The van der Waals surface area contributed by atoms with Crippen molar-refractivity contribution in [3.05, 3.63) is 53.1 Å². The van der Waals surface area contributed by atoms with Crippen LogP contribution >= 0.6 is 0 Å². The van der Waals surface area contributed by atoms with Gasteiger partial charge in [-0.1, -0.05) is 17.7 Å². The molecule has 0 bridgehead atoms. The molecule has 5 heteroatoms. The second kappa shape index (κ2) is 5.69. The number of benzene rings is 1. The smallest absolute Gasteiger partial charge is 0.254 e. The molecule has 2 heterocycles. The summed E-state index contributed by atoms with van der Waals surface area (Å²) in [6, 6.07) is 7.73. The summed E-state index contributed by atoms with van der Waals surface area (Å²) >= 11 is 0. The Balaban J connectivity index is 1.82. The van der Waals surface area contributed by atoms with Gasteiger partial charge in [0.05, 0.1) is 30.9 Å². The number of ether oxygens (including phenoxy) is 1. The van der Waals surface area contributed by atoms with E-state index in [1.807, 2.05) is 42.4 Å². The third-order valence-corrected chi connectivity index (χ3v) is 3.82. The molecule has 0 atom stereocenters. The highest BCUT2D eigenvalue weighted by Crippen LogP contribution is 2.19. The third kappa shape index (κ3) is 2.69. The van der Waals surface area contributed by atoms with E-state index < -0.39 is 0 Å². The molecule has 0 unspecified atom stereocenters. The van der Waals surface area contributed by atoms with Gasteiger partial charge >= 0.3 is 0 Å². The van der Waals surface area contributed by atoms with Crippen molar-refractivity contribution in [1.29, 1.82) is 0 Å². The molecule has 1 aliphatic heterocycles. The lowest BCUT2D eigenvalue weighted by atomic mass is 10.1. The maximum absolute atomic E-state index is 12.6. The summed E-state index contributed by atoms with van der Waals surface area (Å²) in [6.07, 6.45) is 1.83. The van der Waals surface area contributed by atoms with Gasteiger partial charge in [-0.2, -0.15) is 0 Å². The molecule has 0 saturated heterocycles. The van der Waals surface area contributed by atoms with Crippen LogP contribution in [0.1, 0.15) is 27.3 Å². The summed E-state index contributed by atoms with van der Waals surface area (Å²) in [6.45, 7) is 4.56. The highest BCUT2D eigenvalue weighted by Gasteiger charge is 2.24. The van der Waals surface area contributed by atoms with Gasteiger partial charge in [-0.15, -0.1) is 0 Å². The average molecular weight is 285 g/mol. The highest BCUT2D eigenvalue weighted by molar-refractivity contribution is 5.94. The quantitative estimate of drug-likeness (QED) is 0.866. The Morgan fingerprint density at radius 3 is 3.00 bits per heavy atom. The molecule has 110 valence electrons. The number of fused-ring (bicyclic) bond motifs is 1. The van der Waals surface area contributed by atoms with Gasteiger partial charge < -0.3 is 14.2 Å². The largest absolute Gasteiger partial charge is 0.378 e. The predicted molar refractivity (Wildman–Crippen MR) is 78.9 cm³/mol. The molecular formula is C16H19N3O2. The molecule has 0 aliphatic carbocycles. The summed E-state index contributed by atoms with van der Waals surface area (Å²) in [5.41, 5.74) is 3.84. The third-order valence-electron chi connectivity index (χ3n) is 3.82. The first-order chi connectivity index (χ1) is 10.2. The second-order valence-corrected chi connectivity index (χ2v) is 5.36. The van der Waals surface area contributed by atoms with Gasteiger partial charge in [0.25, 0.3) is 5.91 Å². The van der Waals surface area contributed by atoms with Crippen LogP contribution < -0.4 is 0 Å². The minimum atomic E-state index is 0.0783. The number of hydrogen-bond acceptors (Lipinski definition) is 3. The van der Waals surface area contributed by atoms with E-state index in [4.69, 9.17) is 4.74 Å². The maximum Gasteiger partial charge on any atom is 0.254 e. The summed E-state index contributed by atoms with van der Waals surface area (Å²) in [5, 5.41) is 0. The van der Waals surface area contributed by atoms with Gasteiger partial charge in [-0.05, 0) is 19.1 Å². The molecule has 1 amide bonds. The first-order valence-electron chi connectivity index (χ1n) is 7.07. The molecule has 0 radical (unpaired) electrons. The lowest BCUT2D eigenvalue weighted by Gasteiger charge is -2.29. The number of hydrogen-bond donors (Lipinski definition) is 0. The fourth-order valence-corrected chi connectivity index (χ4v) is 2.70. The van der Waals surface area contributed by atoms with Crippen molar-refractivity contribution < 1.29 is 9.53 Å². The Kier molecular flexibility index (Phi) is 3.75. The van der Waals surface area contributed by atoms with Crippen molar-refractivity contribution in [2.24, 2.45) is 0 Å². The fraction of sp³-hybridized carbons (Fsp3) is 0.375. The standard InChI is InChI=1S/C16H19N3O2/c1-12-4-3-5-13(8-12)16(20)18-6-7-19-11-17-14(10-21-2)15(19)9-18/h3-5,8,11H,6-7,9-10H2,1-2H3. The van der Waals surface area contributed by atoms with Gasteiger partial charge in [-0.25, -0.2) is 4.98 Å². The number of rotatable bonds is 3. The van der Waals surface area contributed by atoms with E-state index in [2.05, 4.69) is 9.55 Å². The van der Waals surface area contributed by atoms with Gasteiger partial charge in [0.1, 0.15) is 0 Å². The van der Waals surface area contributed by atoms with Crippen LogP contribution in [0.4, 0.5) is 0 Å². The van der Waals surface area contributed by atoms with Gasteiger partial charge in [0, 0.05) is 25.8 Å². The molecule has 0 N–H and O–H groups in total. The Morgan fingerprint density at radius 2 is 2.24 bits per heavy atom. The van der Waals surface area contributed by atoms with E-state index in [0.717, 1.165) is 29.1 Å². The number of nitrogens with zero attached hydrogens (tertiary/aromatic N) is 3. The van der Waals surface area contributed by atoms with Crippen LogP contribution in [0, 0.1) is 6.92 Å². The molecule has 2 aromatic rings. The Morgan fingerprint density at radius 1 is 1.38 bits per heavy atom. The van der Waals surface area contributed by atoms with Crippen molar-refractivity contribution >= 4 is 5.91 Å². The van der Waals surface area contributed by atoms with Crippen LogP contribution in [-0.4, -0.2) is 34.0 Å². The normalized spacial score (nSPS) is 14.1. The predicted octanol–water partition coefficient (Wildman–Crippen LogP) is 1.99. The molecule has 3 rings (SSSR count). The SMILES string of the molecule is COCc1ncn2c1CN(C(=O)c1cccc(C)c1)CC2. The van der Waals surface area contributed by atoms with E-state index in [1.54, 1.807) is 7.11 Å². The molecule has 5 nitrogen and oxygen atoms in total. The lowest BCUT2D eigenvalue weighted by Crippen LogP contribution is -2.38. The van der Waals surface area contributed by atoms with Gasteiger partial charge in [-0.3, -0.25) is 4.79 Å². The highest BCUT2D eigenvalue weighted by atomic mass is 16.5. The van der Waals surface area contributed by atoms with Crippen LogP contribution in [0.25, 0.3) is 0 Å². The zero-order valence-electron chi connectivity index (χ0n) is 12.4. The summed E-state index contributed by atoms with van der Waals surface area (Å²) in [7, 11) is 1.66. The zero-order valence-corrected chi connectivity index (χ0v) is 12.4. The van der Waals surface area contributed by atoms with Crippen molar-refractivity contribution in [3.8, 4) is 0 Å². The van der Waals surface area contributed by atoms with Crippen LogP contribution in [0.15, 0.2) is 30.6 Å². The van der Waals surface area contributed by atoms with E-state index >= 15 is 0 Å². The molecule has 1 aromatic heterocycles. The van der Waals surface area contributed by atoms with Crippen molar-refractivity contribution in [1.82, 2.24) is 14.5 Å². The molecular weight excluding hydrogens is 266 g/mol. The van der Waals surface area contributed by atoms with Crippen molar-refractivity contribution in [2.75, 3.05) is 13.7 Å². The monoisotopic (exact) mass is 285 g/mol. The number of amides is 1. The van der Waals surface area contributed by atoms with E-state index in [9.17, 15) is 4.79 Å². The number of methoxy groups -OCH3 is 1. The van der Waals surface area contributed by atoms with E-state index in [1.165, 1.54) is 0 Å². The van der Waals surface area contributed by atoms with Crippen molar-refractivity contribution in [3.63, 3.8) is 0 Å². The minimum Gasteiger partial charge on any atom is -0.378 e. The molecule has 0 fully saturated rings. The Bertz CT molecular complexity index is 663. The van der Waals surface area contributed by atoms with Crippen LogP contribution in [0.2, 0.25) is 0 Å². The molecule has 1 aliphatic rings. The zero-order chi connectivity index (χ0) is 14.8. The van der Waals surface area contributed by atoms with Crippen LogP contribution in [0.3, 0.4) is 0 Å². The van der Waals surface area contributed by atoms with Crippen molar-refractivity contribution in [2.45, 2.75) is 26.6 Å². The topological polar surface area (TPSA) is 47.4 Å². The second-order valence-electron chi connectivity index (χ2n) is 5.36. The summed E-state index contributed by atoms with van der Waals surface area (Å²) < 4.78 is 7.27. The number of aromatic nitrogens is 2. The van der Waals surface area contributed by atoms with Gasteiger partial charge in [0.2, 0.25) is 0 Å². The summed E-state index contributed by atoms with van der Waals surface area (Å²) in [5.74, 6) is 0.0783. The number of aryl methyl sites for hydroxylation is 1. The average Bonchev–Trinajstić information content (AvgIpc) is 2.89. The van der Waals surface area contributed by atoms with E-state index in [0.29, 0.717) is 19.7 Å². The minimum absolute atomic E-state index is 0.0783. The molecule has 0 saturated carbocycles. The Labute approximate surface area is 124 Å². The van der Waals surface area contributed by atoms with Gasteiger partial charge in [0.15, 0.2) is 0 Å². The molecule has 0 spiro atoms. The fourth-order valence-electron chi connectivity index (χ4n) is 2.70. The molecule has 21 heavy (non-hydrogen) atoms. The summed E-state index contributed by atoms with van der Waals surface area (Å²) in [4.78, 5) is 18.9.